The first-order valence-corrected chi connectivity index (χ1v) is 6.29. The first kappa shape index (κ1) is 13.9. The second-order valence-corrected chi connectivity index (χ2v) is 4.63. The normalized spacial score (nSPS) is 12.2. The molecule has 1 heterocycles. The summed E-state index contributed by atoms with van der Waals surface area (Å²) in [5.41, 5.74) is 0.557. The van der Waals surface area contributed by atoms with Gasteiger partial charge in [0.25, 0.3) is 5.91 Å². The molecule has 1 atom stereocenters. The fourth-order valence-corrected chi connectivity index (χ4v) is 1.98. The largest absolute Gasteiger partial charge is 0.440 e. The van der Waals surface area contributed by atoms with E-state index in [9.17, 15) is 9.90 Å². The number of furan rings is 1. The van der Waals surface area contributed by atoms with Gasteiger partial charge in [0, 0.05) is 17.1 Å². The molecule has 0 aliphatic heterocycles. The lowest BCUT2D eigenvalue weighted by Gasteiger charge is -2.12. The highest BCUT2D eigenvalue weighted by Crippen LogP contribution is 2.22. The summed E-state index contributed by atoms with van der Waals surface area (Å²) in [4.78, 5) is 11.7. The fourth-order valence-electron chi connectivity index (χ4n) is 1.57. The highest BCUT2D eigenvalue weighted by molar-refractivity contribution is 6.31. The molecular formula is C13H11Cl2NO3. The maximum absolute atomic E-state index is 11.7. The Labute approximate surface area is 119 Å². The molecule has 0 saturated heterocycles. The van der Waals surface area contributed by atoms with Gasteiger partial charge >= 0.3 is 0 Å². The molecule has 6 heteroatoms. The Morgan fingerprint density at radius 2 is 2.00 bits per heavy atom. The van der Waals surface area contributed by atoms with Crippen LogP contribution in [0.2, 0.25) is 10.2 Å². The van der Waals surface area contributed by atoms with Gasteiger partial charge in [-0.1, -0.05) is 29.8 Å². The maximum atomic E-state index is 11.7. The topological polar surface area (TPSA) is 62.5 Å². The average Bonchev–Trinajstić information content (AvgIpc) is 2.83. The molecule has 4 nitrogen and oxygen atoms in total. The number of halogens is 2. The summed E-state index contributed by atoms with van der Waals surface area (Å²) in [7, 11) is 0. The summed E-state index contributed by atoms with van der Waals surface area (Å²) in [6.07, 6.45) is -0.886. The first-order chi connectivity index (χ1) is 9.08. The van der Waals surface area contributed by atoms with Gasteiger partial charge in [0.15, 0.2) is 11.0 Å². The van der Waals surface area contributed by atoms with Gasteiger partial charge in [-0.3, -0.25) is 4.79 Å². The number of aliphatic hydroxyl groups excluding tert-OH is 1. The van der Waals surface area contributed by atoms with Crippen LogP contribution in [0, 0.1) is 0 Å². The number of carbonyl (C=O) groups excluding carboxylic acids is 1. The van der Waals surface area contributed by atoms with Crippen molar-refractivity contribution in [3.05, 3.63) is 58.0 Å². The molecule has 0 radical (unpaired) electrons. The number of amides is 1. The monoisotopic (exact) mass is 299 g/mol. The van der Waals surface area contributed by atoms with Crippen molar-refractivity contribution >= 4 is 29.1 Å². The van der Waals surface area contributed by atoms with Gasteiger partial charge in [0.1, 0.15) is 0 Å². The molecule has 2 aromatic rings. The molecule has 1 aromatic carbocycles. The van der Waals surface area contributed by atoms with Crippen LogP contribution < -0.4 is 5.32 Å². The van der Waals surface area contributed by atoms with E-state index in [0.29, 0.717) is 10.6 Å². The molecule has 0 aliphatic rings. The average molecular weight is 300 g/mol. The molecule has 19 heavy (non-hydrogen) atoms. The molecule has 1 aromatic heterocycles. The molecule has 0 bridgehead atoms. The zero-order chi connectivity index (χ0) is 13.8. The molecule has 2 rings (SSSR count). The number of hydrogen-bond donors (Lipinski definition) is 2. The van der Waals surface area contributed by atoms with E-state index < -0.39 is 12.0 Å². The van der Waals surface area contributed by atoms with E-state index in [1.807, 2.05) is 0 Å². The number of carbonyl (C=O) groups is 1. The van der Waals surface area contributed by atoms with Crippen molar-refractivity contribution in [3.63, 3.8) is 0 Å². The lowest BCUT2D eigenvalue weighted by Crippen LogP contribution is -2.28. The second kappa shape index (κ2) is 6.10. The van der Waals surface area contributed by atoms with E-state index in [1.54, 1.807) is 24.3 Å². The highest BCUT2D eigenvalue weighted by Gasteiger charge is 2.15. The maximum Gasteiger partial charge on any atom is 0.287 e. The van der Waals surface area contributed by atoms with Gasteiger partial charge in [-0.05, 0) is 29.8 Å². The zero-order valence-electron chi connectivity index (χ0n) is 9.77. The van der Waals surface area contributed by atoms with Crippen LogP contribution in [0.3, 0.4) is 0 Å². The third-order valence-corrected chi connectivity index (χ3v) is 3.06. The molecule has 1 amide bonds. The Kier molecular flexibility index (Phi) is 4.47. The molecular weight excluding hydrogens is 289 g/mol. The van der Waals surface area contributed by atoms with Gasteiger partial charge in [-0.25, -0.2) is 0 Å². The molecule has 1 unspecified atom stereocenters. The van der Waals surface area contributed by atoms with E-state index in [4.69, 9.17) is 27.6 Å². The lowest BCUT2D eigenvalue weighted by atomic mass is 10.1. The van der Waals surface area contributed by atoms with Gasteiger partial charge in [-0.2, -0.15) is 0 Å². The summed E-state index contributed by atoms with van der Waals surface area (Å²) in [5, 5.41) is 13.1. The van der Waals surface area contributed by atoms with E-state index in [2.05, 4.69) is 5.32 Å². The zero-order valence-corrected chi connectivity index (χ0v) is 11.3. The van der Waals surface area contributed by atoms with E-state index >= 15 is 0 Å². The third kappa shape index (κ3) is 3.50. The van der Waals surface area contributed by atoms with Crippen LogP contribution in [0.15, 0.2) is 40.8 Å². The van der Waals surface area contributed by atoms with Crippen LogP contribution in [0.1, 0.15) is 22.2 Å². The molecule has 0 saturated carbocycles. The smallest absolute Gasteiger partial charge is 0.287 e. The molecule has 100 valence electrons. The third-order valence-electron chi connectivity index (χ3n) is 2.52. The molecule has 0 fully saturated rings. The van der Waals surface area contributed by atoms with Crippen molar-refractivity contribution in [3.8, 4) is 0 Å². The van der Waals surface area contributed by atoms with Crippen LogP contribution in [-0.2, 0) is 0 Å². The molecule has 2 N–H and O–H groups in total. The van der Waals surface area contributed by atoms with Crippen LogP contribution in [-0.4, -0.2) is 17.6 Å². The SMILES string of the molecule is O=C(NCC(O)c1ccccc1Cl)c1ccc(Cl)o1. The number of benzene rings is 1. The van der Waals surface area contributed by atoms with Crippen molar-refractivity contribution < 1.29 is 14.3 Å². The molecule has 0 spiro atoms. The number of aliphatic hydroxyl groups is 1. The van der Waals surface area contributed by atoms with Gasteiger partial charge in [0.05, 0.1) is 6.10 Å². The lowest BCUT2D eigenvalue weighted by molar-refractivity contribution is 0.0889. The quantitative estimate of drug-likeness (QED) is 0.912. The number of rotatable bonds is 4. The van der Waals surface area contributed by atoms with E-state index in [0.717, 1.165) is 0 Å². The Morgan fingerprint density at radius 1 is 1.26 bits per heavy atom. The van der Waals surface area contributed by atoms with Gasteiger partial charge in [0.2, 0.25) is 0 Å². The number of hydrogen-bond acceptors (Lipinski definition) is 3. The summed E-state index contributed by atoms with van der Waals surface area (Å²) in [6.45, 7) is 0.0287. The summed E-state index contributed by atoms with van der Waals surface area (Å²) >= 11 is 11.5. The Bertz CT molecular complexity index is 583. The fraction of sp³-hybridized carbons (Fsp3) is 0.154. The summed E-state index contributed by atoms with van der Waals surface area (Å²) < 4.78 is 4.95. The Hall–Kier alpha value is -1.49. The predicted octanol–water partition coefficient (Wildman–Crippen LogP) is 3.05. The van der Waals surface area contributed by atoms with Crippen LogP contribution in [0.5, 0.6) is 0 Å². The van der Waals surface area contributed by atoms with Gasteiger partial charge in [-0.15, -0.1) is 0 Å². The summed E-state index contributed by atoms with van der Waals surface area (Å²) in [6, 6.07) is 9.83. The summed E-state index contributed by atoms with van der Waals surface area (Å²) in [5.74, 6) is -0.352. The van der Waals surface area contributed by atoms with Crippen LogP contribution in [0.4, 0.5) is 0 Å². The van der Waals surface area contributed by atoms with Crippen LogP contribution >= 0.6 is 23.2 Å². The van der Waals surface area contributed by atoms with Crippen molar-refractivity contribution in [1.29, 1.82) is 0 Å². The minimum atomic E-state index is -0.886. The van der Waals surface area contributed by atoms with Crippen molar-refractivity contribution in [2.75, 3.05) is 6.54 Å². The van der Waals surface area contributed by atoms with E-state index in [-0.39, 0.29) is 17.5 Å². The van der Waals surface area contributed by atoms with E-state index in [1.165, 1.54) is 12.1 Å². The highest BCUT2D eigenvalue weighted by atomic mass is 35.5. The van der Waals surface area contributed by atoms with Crippen molar-refractivity contribution in [2.45, 2.75) is 6.10 Å². The van der Waals surface area contributed by atoms with Crippen molar-refractivity contribution in [2.24, 2.45) is 0 Å². The predicted molar refractivity (Wildman–Crippen MR) is 72.5 cm³/mol. The number of nitrogens with one attached hydrogen (secondary N) is 1. The second-order valence-electron chi connectivity index (χ2n) is 3.85. The van der Waals surface area contributed by atoms with Crippen molar-refractivity contribution in [1.82, 2.24) is 5.32 Å². The first-order valence-electron chi connectivity index (χ1n) is 5.54. The van der Waals surface area contributed by atoms with Gasteiger partial charge < -0.3 is 14.8 Å². The molecule has 0 aliphatic carbocycles. The Morgan fingerprint density at radius 3 is 2.63 bits per heavy atom. The standard InChI is InChI=1S/C13H11Cl2NO3/c14-9-4-2-1-3-8(9)10(17)7-16-13(18)11-5-6-12(15)19-11/h1-6,10,17H,7H2,(H,16,18). The van der Waals surface area contributed by atoms with Crippen LogP contribution in [0.25, 0.3) is 0 Å². The minimum absolute atomic E-state index is 0.0287. The minimum Gasteiger partial charge on any atom is -0.440 e. The Balaban J connectivity index is 1.96.